The van der Waals surface area contributed by atoms with E-state index >= 15 is 0 Å². The molecule has 0 radical (unpaired) electrons. The van der Waals surface area contributed by atoms with E-state index in [9.17, 15) is 10.1 Å². The molecule has 0 aliphatic carbocycles. The van der Waals surface area contributed by atoms with Gasteiger partial charge in [0.2, 0.25) is 11.8 Å². The molecule has 0 aliphatic heterocycles. The summed E-state index contributed by atoms with van der Waals surface area (Å²) in [5.74, 6) is 0.611. The Labute approximate surface area is 156 Å². The van der Waals surface area contributed by atoms with Crippen molar-refractivity contribution in [2.45, 2.75) is 38.0 Å². The van der Waals surface area contributed by atoms with E-state index in [-0.39, 0.29) is 17.0 Å². The van der Waals surface area contributed by atoms with Crippen LogP contribution in [-0.2, 0) is 4.79 Å². The molecule has 6 heteroatoms. The fourth-order valence-corrected chi connectivity index (χ4v) is 3.60. The molecule has 2 aromatic heterocycles. The van der Waals surface area contributed by atoms with Gasteiger partial charge in [-0.3, -0.25) is 10.1 Å². The number of nitrogens with zero attached hydrogens (tertiary/aromatic N) is 2. The molecule has 0 aliphatic rings. The van der Waals surface area contributed by atoms with Crippen LogP contribution in [0.3, 0.4) is 0 Å². The number of amides is 1. The van der Waals surface area contributed by atoms with Crippen LogP contribution in [0, 0.1) is 32.1 Å². The number of hydrogen-bond donors (Lipinski definition) is 1. The smallest absolute Gasteiger partial charge is 0.239 e. The molecule has 1 aromatic carbocycles. The van der Waals surface area contributed by atoms with Gasteiger partial charge in [-0.1, -0.05) is 30.0 Å². The molecular weight excluding hydrogens is 346 g/mol. The topological polar surface area (TPSA) is 78.9 Å². The van der Waals surface area contributed by atoms with Crippen LogP contribution in [0.1, 0.15) is 29.4 Å². The van der Waals surface area contributed by atoms with E-state index < -0.39 is 0 Å². The lowest BCUT2D eigenvalue weighted by Crippen LogP contribution is -2.22. The maximum atomic E-state index is 12.5. The van der Waals surface area contributed by atoms with Gasteiger partial charge in [-0.2, -0.15) is 5.26 Å². The highest BCUT2D eigenvalue weighted by Crippen LogP contribution is 2.29. The summed E-state index contributed by atoms with van der Waals surface area (Å²) in [6.45, 7) is 7.41. The van der Waals surface area contributed by atoms with Gasteiger partial charge in [0.25, 0.3) is 0 Å². The normalized spacial score (nSPS) is 12.0. The molecule has 0 fully saturated rings. The van der Waals surface area contributed by atoms with Gasteiger partial charge in [-0.15, -0.1) is 0 Å². The summed E-state index contributed by atoms with van der Waals surface area (Å²) in [6.07, 6.45) is 0. The summed E-state index contributed by atoms with van der Waals surface area (Å²) in [6, 6.07) is 12.0. The van der Waals surface area contributed by atoms with Crippen molar-refractivity contribution in [3.8, 4) is 6.07 Å². The number of para-hydroxylation sites is 1. The zero-order valence-electron chi connectivity index (χ0n) is 15.1. The largest absolute Gasteiger partial charge is 0.444 e. The van der Waals surface area contributed by atoms with Crippen molar-refractivity contribution in [2.75, 3.05) is 5.32 Å². The second-order valence-corrected chi connectivity index (χ2v) is 7.50. The minimum atomic E-state index is -0.389. The number of nitriles is 1. The van der Waals surface area contributed by atoms with Gasteiger partial charge in [0.05, 0.1) is 15.8 Å². The third-order valence-electron chi connectivity index (χ3n) is 4.30. The number of pyridine rings is 1. The predicted octanol–water partition coefficient (Wildman–Crippen LogP) is 4.74. The fraction of sp³-hybridized carbons (Fsp3) is 0.250. The molecule has 0 spiro atoms. The third-order valence-corrected chi connectivity index (χ3v) is 5.32. The lowest BCUT2D eigenvalue weighted by molar-refractivity contribution is -0.115. The average molecular weight is 365 g/mol. The maximum Gasteiger partial charge on any atom is 0.239 e. The minimum Gasteiger partial charge on any atom is -0.444 e. The Balaban J connectivity index is 1.78. The maximum absolute atomic E-state index is 12.5. The van der Waals surface area contributed by atoms with Crippen LogP contribution in [0.2, 0.25) is 0 Å². The monoisotopic (exact) mass is 365 g/mol. The van der Waals surface area contributed by atoms with Crippen molar-refractivity contribution in [2.24, 2.45) is 0 Å². The van der Waals surface area contributed by atoms with Crippen molar-refractivity contribution in [1.29, 1.82) is 5.26 Å². The number of benzene rings is 1. The molecule has 3 aromatic rings. The molecule has 0 bridgehead atoms. The van der Waals surface area contributed by atoms with Crippen molar-refractivity contribution in [1.82, 2.24) is 4.98 Å². The Morgan fingerprint density at radius 3 is 2.77 bits per heavy atom. The first-order chi connectivity index (χ1) is 12.4. The third kappa shape index (κ3) is 3.44. The molecule has 1 amide bonds. The summed E-state index contributed by atoms with van der Waals surface area (Å²) in [5, 5.41) is 13.5. The summed E-state index contributed by atoms with van der Waals surface area (Å²) >= 11 is 1.38. The van der Waals surface area contributed by atoms with E-state index in [2.05, 4.69) is 16.4 Å². The second-order valence-electron chi connectivity index (χ2n) is 6.14. The molecule has 2 heterocycles. The van der Waals surface area contributed by atoms with Gasteiger partial charge in [0.1, 0.15) is 17.4 Å². The highest BCUT2D eigenvalue weighted by atomic mass is 32.2. The highest BCUT2D eigenvalue weighted by molar-refractivity contribution is 8.00. The molecule has 3 rings (SSSR count). The number of thioether (sulfide) groups is 1. The van der Waals surface area contributed by atoms with Gasteiger partial charge in [0, 0.05) is 10.9 Å². The number of aromatic nitrogens is 1. The van der Waals surface area contributed by atoms with Crippen LogP contribution in [-0.4, -0.2) is 16.1 Å². The molecule has 5 nitrogen and oxygen atoms in total. The number of anilines is 1. The Morgan fingerprint density at radius 2 is 2.04 bits per heavy atom. The van der Waals surface area contributed by atoms with Gasteiger partial charge in [-0.25, -0.2) is 4.98 Å². The van der Waals surface area contributed by atoms with E-state index in [1.54, 1.807) is 20.8 Å². The van der Waals surface area contributed by atoms with Gasteiger partial charge < -0.3 is 4.42 Å². The van der Waals surface area contributed by atoms with E-state index in [1.165, 1.54) is 11.8 Å². The summed E-state index contributed by atoms with van der Waals surface area (Å²) < 4.78 is 5.50. The Bertz CT molecular complexity index is 1030. The summed E-state index contributed by atoms with van der Waals surface area (Å²) in [4.78, 5) is 17.1. The van der Waals surface area contributed by atoms with Gasteiger partial charge in [-0.05, 0) is 45.4 Å². The lowest BCUT2D eigenvalue weighted by Gasteiger charge is -2.12. The standard InChI is InChI=1S/C20H19N3O2S/c1-11-9-18(22-17-8-6-5-7-15(11)17)26-14(4)19(24)23-20-16(10-21)12(2)13(3)25-20/h5-9,14H,1-4H3,(H,23,24). The molecule has 1 N–H and O–H groups in total. The van der Waals surface area contributed by atoms with Gasteiger partial charge >= 0.3 is 0 Å². The number of nitrogens with one attached hydrogen (secondary N) is 1. The molecular formula is C20H19N3O2S. The molecule has 1 unspecified atom stereocenters. The number of carbonyl (C=O) groups is 1. The number of rotatable bonds is 4. The Morgan fingerprint density at radius 1 is 1.31 bits per heavy atom. The average Bonchev–Trinajstić information content (AvgIpc) is 2.88. The van der Waals surface area contributed by atoms with Crippen molar-refractivity contribution < 1.29 is 9.21 Å². The minimum absolute atomic E-state index is 0.211. The molecule has 0 saturated carbocycles. The first-order valence-corrected chi connectivity index (χ1v) is 9.12. The second kappa shape index (κ2) is 7.22. The van der Waals surface area contributed by atoms with Gasteiger partial charge in [0.15, 0.2) is 0 Å². The SMILES string of the molecule is Cc1oc(NC(=O)C(C)Sc2cc(C)c3ccccc3n2)c(C#N)c1C. The van der Waals surface area contributed by atoms with Crippen LogP contribution in [0.5, 0.6) is 0 Å². The number of carbonyl (C=O) groups excluding carboxylic acids is 1. The zero-order chi connectivity index (χ0) is 18.8. The highest BCUT2D eigenvalue weighted by Gasteiger charge is 2.21. The Kier molecular flexibility index (Phi) is 5.01. The molecule has 1 atom stereocenters. The fourth-order valence-electron chi connectivity index (χ4n) is 2.68. The summed E-state index contributed by atoms with van der Waals surface area (Å²) in [5.41, 5.74) is 3.14. The van der Waals surface area contributed by atoms with Crippen LogP contribution in [0.15, 0.2) is 39.8 Å². The quantitative estimate of drug-likeness (QED) is 0.675. The number of hydrogen-bond acceptors (Lipinski definition) is 5. The van der Waals surface area contributed by atoms with Crippen LogP contribution >= 0.6 is 11.8 Å². The van der Waals surface area contributed by atoms with Crippen molar-refractivity contribution in [3.63, 3.8) is 0 Å². The molecule has 132 valence electrons. The van der Waals surface area contributed by atoms with E-state index in [0.717, 1.165) is 27.1 Å². The first kappa shape index (κ1) is 18.0. The van der Waals surface area contributed by atoms with Crippen molar-refractivity contribution >= 4 is 34.5 Å². The first-order valence-electron chi connectivity index (χ1n) is 8.24. The van der Waals surface area contributed by atoms with Crippen molar-refractivity contribution in [3.05, 3.63) is 52.8 Å². The Hall–Kier alpha value is -2.78. The number of fused-ring (bicyclic) bond motifs is 1. The number of furan rings is 1. The van der Waals surface area contributed by atoms with E-state index in [0.29, 0.717) is 11.3 Å². The lowest BCUT2D eigenvalue weighted by atomic mass is 10.1. The molecule has 0 saturated heterocycles. The zero-order valence-corrected chi connectivity index (χ0v) is 15.9. The van der Waals surface area contributed by atoms with Crippen LogP contribution < -0.4 is 5.32 Å². The van der Waals surface area contributed by atoms with Crippen LogP contribution in [0.25, 0.3) is 10.9 Å². The van der Waals surface area contributed by atoms with Crippen LogP contribution in [0.4, 0.5) is 5.88 Å². The number of aryl methyl sites for hydroxylation is 2. The van der Waals surface area contributed by atoms with E-state index in [4.69, 9.17) is 4.42 Å². The molecule has 26 heavy (non-hydrogen) atoms. The predicted molar refractivity (Wildman–Crippen MR) is 103 cm³/mol. The van der Waals surface area contributed by atoms with E-state index in [1.807, 2.05) is 37.3 Å². The summed E-state index contributed by atoms with van der Waals surface area (Å²) in [7, 11) is 0.